The number of aromatic amines is 1. The van der Waals surface area contributed by atoms with Gasteiger partial charge < -0.3 is 10.1 Å². The van der Waals surface area contributed by atoms with Crippen LogP contribution in [-0.4, -0.2) is 33.6 Å². The number of carbonyl (C=O) groups is 2. The normalized spacial score (nSPS) is 10.3. The zero-order valence-electron chi connectivity index (χ0n) is 14.8. The van der Waals surface area contributed by atoms with Gasteiger partial charge in [0.05, 0.1) is 10.6 Å². The zero-order valence-corrected chi connectivity index (χ0v) is 14.8. The SMILES string of the molecule is Cc1cc([N+](=O)[O-])ccc1NC(=O)COC(=O)c1cc(-c2ccccc2)n[nH]1. The standard InChI is InChI=1S/C19H16N4O5/c1-12-9-14(23(26)27)7-8-15(12)20-18(24)11-28-19(25)17-10-16(21-22-17)13-5-3-2-4-6-13/h2-10H,11H2,1H3,(H,20,24)(H,21,22). The Morgan fingerprint density at radius 2 is 1.93 bits per heavy atom. The summed E-state index contributed by atoms with van der Waals surface area (Å²) in [5.74, 6) is -1.28. The van der Waals surface area contributed by atoms with E-state index in [9.17, 15) is 19.7 Å². The molecule has 3 rings (SSSR count). The average Bonchev–Trinajstić information content (AvgIpc) is 3.18. The summed E-state index contributed by atoms with van der Waals surface area (Å²) in [5, 5.41) is 19.9. The minimum atomic E-state index is -0.717. The molecule has 3 aromatic rings. The molecule has 142 valence electrons. The van der Waals surface area contributed by atoms with Crippen LogP contribution in [0.2, 0.25) is 0 Å². The van der Waals surface area contributed by atoms with Crippen molar-refractivity contribution < 1.29 is 19.2 Å². The molecule has 1 heterocycles. The van der Waals surface area contributed by atoms with Crippen molar-refractivity contribution in [2.24, 2.45) is 0 Å². The highest BCUT2D eigenvalue weighted by Gasteiger charge is 2.15. The Balaban J connectivity index is 1.57. The van der Waals surface area contributed by atoms with Crippen molar-refractivity contribution in [2.45, 2.75) is 6.92 Å². The zero-order chi connectivity index (χ0) is 20.1. The van der Waals surface area contributed by atoms with Crippen LogP contribution in [0.3, 0.4) is 0 Å². The number of hydrogen-bond acceptors (Lipinski definition) is 6. The Morgan fingerprint density at radius 3 is 2.61 bits per heavy atom. The van der Waals surface area contributed by atoms with Crippen LogP contribution in [0.4, 0.5) is 11.4 Å². The van der Waals surface area contributed by atoms with E-state index in [1.165, 1.54) is 24.3 Å². The van der Waals surface area contributed by atoms with Crippen molar-refractivity contribution in [2.75, 3.05) is 11.9 Å². The molecule has 0 unspecified atom stereocenters. The molecule has 9 heteroatoms. The first-order valence-electron chi connectivity index (χ1n) is 8.27. The second-order valence-corrected chi connectivity index (χ2v) is 5.91. The molecule has 0 fully saturated rings. The molecule has 0 saturated carbocycles. The van der Waals surface area contributed by atoms with Gasteiger partial charge in [-0.1, -0.05) is 30.3 Å². The lowest BCUT2D eigenvalue weighted by Crippen LogP contribution is -2.21. The minimum Gasteiger partial charge on any atom is -0.451 e. The van der Waals surface area contributed by atoms with Crippen LogP contribution in [0.1, 0.15) is 16.1 Å². The first-order valence-corrected chi connectivity index (χ1v) is 8.27. The van der Waals surface area contributed by atoms with E-state index in [4.69, 9.17) is 4.74 Å². The molecule has 2 aromatic carbocycles. The molecule has 0 saturated heterocycles. The average molecular weight is 380 g/mol. The molecule has 0 aliphatic rings. The van der Waals surface area contributed by atoms with Crippen molar-refractivity contribution >= 4 is 23.3 Å². The van der Waals surface area contributed by atoms with Gasteiger partial charge in [0.2, 0.25) is 0 Å². The highest BCUT2D eigenvalue weighted by atomic mass is 16.6. The van der Waals surface area contributed by atoms with Crippen molar-refractivity contribution in [1.29, 1.82) is 0 Å². The highest BCUT2D eigenvalue weighted by molar-refractivity contribution is 5.95. The van der Waals surface area contributed by atoms with Gasteiger partial charge in [0.15, 0.2) is 6.61 Å². The van der Waals surface area contributed by atoms with E-state index >= 15 is 0 Å². The predicted octanol–water partition coefficient (Wildman–Crippen LogP) is 3.09. The fraction of sp³-hybridized carbons (Fsp3) is 0.105. The van der Waals surface area contributed by atoms with Crippen LogP contribution in [0.5, 0.6) is 0 Å². The molecule has 0 aliphatic heterocycles. The van der Waals surface area contributed by atoms with Crippen LogP contribution in [0.25, 0.3) is 11.3 Å². The third-order valence-corrected chi connectivity index (χ3v) is 3.90. The van der Waals surface area contributed by atoms with E-state index in [0.717, 1.165) is 5.56 Å². The molecule has 1 amide bonds. The van der Waals surface area contributed by atoms with E-state index in [1.807, 2.05) is 30.3 Å². The van der Waals surface area contributed by atoms with Crippen LogP contribution in [0, 0.1) is 17.0 Å². The number of nitrogens with one attached hydrogen (secondary N) is 2. The minimum absolute atomic E-state index is 0.0737. The van der Waals surface area contributed by atoms with E-state index in [2.05, 4.69) is 15.5 Å². The summed E-state index contributed by atoms with van der Waals surface area (Å²) in [6, 6.07) is 14.9. The number of amides is 1. The number of rotatable bonds is 6. The number of nitro benzene ring substituents is 1. The number of aryl methyl sites for hydroxylation is 1. The Morgan fingerprint density at radius 1 is 1.18 bits per heavy atom. The number of non-ortho nitro benzene ring substituents is 1. The lowest BCUT2D eigenvalue weighted by atomic mass is 10.1. The monoisotopic (exact) mass is 380 g/mol. The Labute approximate surface area is 159 Å². The van der Waals surface area contributed by atoms with Gasteiger partial charge in [-0.2, -0.15) is 5.10 Å². The van der Waals surface area contributed by atoms with Crippen LogP contribution in [-0.2, 0) is 9.53 Å². The summed E-state index contributed by atoms with van der Waals surface area (Å²) in [7, 11) is 0. The number of carbonyl (C=O) groups excluding carboxylic acids is 2. The summed E-state index contributed by atoms with van der Waals surface area (Å²) in [6.07, 6.45) is 0. The topological polar surface area (TPSA) is 127 Å². The van der Waals surface area contributed by atoms with Crippen molar-refractivity contribution in [3.8, 4) is 11.3 Å². The number of anilines is 1. The fourth-order valence-electron chi connectivity index (χ4n) is 2.48. The van der Waals surface area contributed by atoms with Crippen molar-refractivity contribution in [1.82, 2.24) is 10.2 Å². The molecule has 1 aromatic heterocycles. The smallest absolute Gasteiger partial charge is 0.356 e. The molecule has 0 radical (unpaired) electrons. The predicted molar refractivity (Wildman–Crippen MR) is 101 cm³/mol. The molecule has 0 atom stereocenters. The fourth-order valence-corrected chi connectivity index (χ4v) is 2.48. The molecule has 0 bridgehead atoms. The summed E-state index contributed by atoms with van der Waals surface area (Å²) >= 11 is 0. The maximum atomic E-state index is 12.1. The lowest BCUT2D eigenvalue weighted by Gasteiger charge is -2.08. The van der Waals surface area contributed by atoms with Crippen LogP contribution < -0.4 is 5.32 Å². The summed E-state index contributed by atoms with van der Waals surface area (Å²) in [6.45, 7) is 1.12. The Bertz CT molecular complexity index is 1030. The van der Waals surface area contributed by atoms with Crippen molar-refractivity contribution in [3.63, 3.8) is 0 Å². The number of benzene rings is 2. The number of ether oxygens (including phenoxy) is 1. The van der Waals surface area contributed by atoms with Crippen LogP contribution >= 0.6 is 0 Å². The molecule has 28 heavy (non-hydrogen) atoms. The largest absolute Gasteiger partial charge is 0.451 e. The van der Waals surface area contributed by atoms with Gasteiger partial charge in [-0.3, -0.25) is 20.0 Å². The second-order valence-electron chi connectivity index (χ2n) is 5.91. The van der Waals surface area contributed by atoms with Crippen molar-refractivity contribution in [3.05, 3.63) is 76.0 Å². The molecule has 0 spiro atoms. The summed E-state index contributed by atoms with van der Waals surface area (Å²) < 4.78 is 4.98. The molecule has 0 aliphatic carbocycles. The first kappa shape index (κ1) is 18.8. The van der Waals surface area contributed by atoms with Gasteiger partial charge in [-0.05, 0) is 24.6 Å². The number of hydrogen-bond donors (Lipinski definition) is 2. The summed E-state index contributed by atoms with van der Waals surface area (Å²) in [4.78, 5) is 34.3. The number of H-pyrrole nitrogens is 1. The molecular weight excluding hydrogens is 364 g/mol. The van der Waals surface area contributed by atoms with Gasteiger partial charge in [-0.25, -0.2) is 4.79 Å². The molecule has 9 nitrogen and oxygen atoms in total. The summed E-state index contributed by atoms with van der Waals surface area (Å²) in [5.41, 5.74) is 2.39. The van der Waals surface area contributed by atoms with Gasteiger partial charge in [0.1, 0.15) is 5.69 Å². The van der Waals surface area contributed by atoms with E-state index in [0.29, 0.717) is 16.9 Å². The molecule has 2 N–H and O–H groups in total. The lowest BCUT2D eigenvalue weighted by molar-refractivity contribution is -0.384. The van der Waals surface area contributed by atoms with Gasteiger partial charge in [0.25, 0.3) is 11.6 Å². The van der Waals surface area contributed by atoms with E-state index in [1.54, 1.807) is 6.92 Å². The van der Waals surface area contributed by atoms with E-state index in [-0.39, 0.29) is 11.4 Å². The van der Waals surface area contributed by atoms with Gasteiger partial charge in [0, 0.05) is 23.4 Å². The van der Waals surface area contributed by atoms with Gasteiger partial charge >= 0.3 is 5.97 Å². The number of esters is 1. The third-order valence-electron chi connectivity index (χ3n) is 3.90. The Hall–Kier alpha value is -4.01. The van der Waals surface area contributed by atoms with E-state index < -0.39 is 23.4 Å². The Kier molecular flexibility index (Phi) is 5.45. The number of nitro groups is 1. The number of nitrogens with zero attached hydrogens (tertiary/aromatic N) is 2. The second kappa shape index (κ2) is 8.12. The maximum Gasteiger partial charge on any atom is 0.356 e. The number of aromatic nitrogens is 2. The molecular formula is C19H16N4O5. The van der Waals surface area contributed by atoms with Crippen LogP contribution in [0.15, 0.2) is 54.6 Å². The first-order chi connectivity index (χ1) is 13.4. The quantitative estimate of drug-likeness (QED) is 0.384. The van der Waals surface area contributed by atoms with Gasteiger partial charge in [-0.15, -0.1) is 0 Å². The highest BCUT2D eigenvalue weighted by Crippen LogP contribution is 2.21. The third kappa shape index (κ3) is 4.39. The maximum absolute atomic E-state index is 12.1.